The van der Waals surface area contributed by atoms with Gasteiger partial charge in [-0.1, -0.05) is 69.9 Å². The first-order valence-electron chi connectivity index (χ1n) is 9.36. The zero-order valence-corrected chi connectivity index (χ0v) is 16.6. The van der Waals surface area contributed by atoms with Gasteiger partial charge in [-0.25, -0.2) is 0 Å². The molecular weight excluding hydrogens is 320 g/mol. The van der Waals surface area contributed by atoms with Crippen LogP contribution in [0.4, 0.5) is 0 Å². The highest BCUT2D eigenvalue weighted by Crippen LogP contribution is 2.17. The maximum atomic E-state index is 6.09. The van der Waals surface area contributed by atoms with Gasteiger partial charge in [-0.15, -0.1) is 0 Å². The topological polar surface area (TPSA) is 36.9 Å². The van der Waals surface area contributed by atoms with Crippen LogP contribution < -0.4 is 0 Å². The molecule has 0 radical (unpaired) electrons. The second kappa shape index (κ2) is 13.6. The van der Waals surface area contributed by atoms with E-state index in [0.29, 0.717) is 26.4 Å². The van der Waals surface area contributed by atoms with E-state index in [2.05, 4.69) is 13.8 Å². The van der Waals surface area contributed by atoms with Gasteiger partial charge in [-0.3, -0.25) is 0 Å². The quantitative estimate of drug-likeness (QED) is 0.325. The standard InChI is InChI=1S/C19H34O4Si/c1-4-7-12-16-21-24(20-6-3,22-17-13-8-5-2)23-18-19-14-10-9-11-15-19/h9-11,14-15H,4-8,12-13,16-18H2,1-3H3. The van der Waals surface area contributed by atoms with Crippen molar-refractivity contribution < 1.29 is 17.7 Å². The molecule has 0 amide bonds. The van der Waals surface area contributed by atoms with Crippen molar-refractivity contribution in [3.05, 3.63) is 35.9 Å². The summed E-state index contributed by atoms with van der Waals surface area (Å²) < 4.78 is 24.1. The molecule has 0 saturated heterocycles. The van der Waals surface area contributed by atoms with E-state index in [1.54, 1.807) is 0 Å². The lowest BCUT2D eigenvalue weighted by Crippen LogP contribution is -2.49. The lowest BCUT2D eigenvalue weighted by Gasteiger charge is -2.28. The second-order valence-corrected chi connectivity index (χ2v) is 7.97. The molecular formula is C19H34O4Si. The van der Waals surface area contributed by atoms with Gasteiger partial charge in [0.15, 0.2) is 0 Å². The van der Waals surface area contributed by atoms with E-state index in [0.717, 1.165) is 44.1 Å². The highest BCUT2D eigenvalue weighted by atomic mass is 28.4. The minimum atomic E-state index is -3.08. The molecule has 0 aliphatic carbocycles. The number of rotatable bonds is 15. The Hall–Kier alpha value is -0.723. The molecule has 0 N–H and O–H groups in total. The molecule has 1 aromatic rings. The van der Waals surface area contributed by atoms with Crippen molar-refractivity contribution in [3.8, 4) is 0 Å². The number of benzene rings is 1. The summed E-state index contributed by atoms with van der Waals surface area (Å²) in [5, 5.41) is 0. The Morgan fingerprint density at radius 3 is 1.79 bits per heavy atom. The Bertz CT molecular complexity index is 388. The fourth-order valence-electron chi connectivity index (χ4n) is 2.27. The summed E-state index contributed by atoms with van der Waals surface area (Å²) in [5.41, 5.74) is 1.10. The third kappa shape index (κ3) is 8.94. The summed E-state index contributed by atoms with van der Waals surface area (Å²) in [4.78, 5) is 0. The van der Waals surface area contributed by atoms with Gasteiger partial charge in [0.05, 0.1) is 6.61 Å². The molecule has 0 heterocycles. The van der Waals surface area contributed by atoms with Crippen molar-refractivity contribution >= 4 is 9.05 Å². The van der Waals surface area contributed by atoms with Gasteiger partial charge >= 0.3 is 9.05 Å². The highest BCUT2D eigenvalue weighted by Gasteiger charge is 2.45. The minimum absolute atomic E-state index is 0.453. The monoisotopic (exact) mass is 354 g/mol. The Morgan fingerprint density at radius 2 is 1.29 bits per heavy atom. The normalized spacial score (nSPS) is 11.8. The molecule has 0 aliphatic rings. The lowest BCUT2D eigenvalue weighted by atomic mass is 10.2. The van der Waals surface area contributed by atoms with Gasteiger partial charge in [-0.05, 0) is 25.3 Å². The molecule has 0 aromatic heterocycles. The fraction of sp³-hybridized carbons (Fsp3) is 0.684. The molecule has 0 atom stereocenters. The summed E-state index contributed by atoms with van der Waals surface area (Å²) in [6.07, 6.45) is 6.62. The molecule has 0 bridgehead atoms. The van der Waals surface area contributed by atoms with Crippen molar-refractivity contribution in [1.29, 1.82) is 0 Å². The zero-order valence-electron chi connectivity index (χ0n) is 15.6. The van der Waals surface area contributed by atoms with Crippen molar-refractivity contribution in [2.45, 2.75) is 65.9 Å². The van der Waals surface area contributed by atoms with Crippen LogP contribution >= 0.6 is 0 Å². The molecule has 0 spiro atoms. The van der Waals surface area contributed by atoms with E-state index in [1.165, 1.54) is 0 Å². The molecule has 0 saturated carbocycles. The SMILES string of the molecule is CCCCCO[Si](OCC)(OCCCCC)OCc1ccccc1. The van der Waals surface area contributed by atoms with Crippen molar-refractivity contribution in [1.82, 2.24) is 0 Å². The Balaban J connectivity index is 2.63. The summed E-state index contributed by atoms with van der Waals surface area (Å²) >= 11 is 0. The van der Waals surface area contributed by atoms with Crippen LogP contribution in [0.25, 0.3) is 0 Å². The average Bonchev–Trinajstić information content (AvgIpc) is 2.62. The van der Waals surface area contributed by atoms with Crippen LogP contribution in [0, 0.1) is 0 Å². The van der Waals surface area contributed by atoms with Gasteiger partial charge in [0, 0.05) is 19.8 Å². The van der Waals surface area contributed by atoms with E-state index < -0.39 is 9.05 Å². The molecule has 138 valence electrons. The third-order valence-electron chi connectivity index (χ3n) is 3.63. The Morgan fingerprint density at radius 1 is 0.708 bits per heavy atom. The molecule has 0 unspecified atom stereocenters. The first-order valence-corrected chi connectivity index (χ1v) is 11.0. The lowest BCUT2D eigenvalue weighted by molar-refractivity contribution is -0.0381. The number of hydrogen-bond acceptors (Lipinski definition) is 4. The summed E-state index contributed by atoms with van der Waals surface area (Å²) in [5.74, 6) is 0. The largest absolute Gasteiger partial charge is 0.680 e. The first-order chi connectivity index (χ1) is 11.8. The van der Waals surface area contributed by atoms with Crippen molar-refractivity contribution in [2.75, 3.05) is 19.8 Å². The van der Waals surface area contributed by atoms with Crippen LogP contribution in [0.1, 0.15) is 64.9 Å². The van der Waals surface area contributed by atoms with Gasteiger partial charge in [0.1, 0.15) is 0 Å². The summed E-state index contributed by atoms with van der Waals surface area (Å²) in [6, 6.07) is 10.1. The third-order valence-corrected chi connectivity index (χ3v) is 5.89. The van der Waals surface area contributed by atoms with Gasteiger partial charge < -0.3 is 17.7 Å². The molecule has 0 fully saturated rings. The predicted octanol–water partition coefficient (Wildman–Crippen LogP) is 5.09. The first kappa shape index (κ1) is 21.3. The van der Waals surface area contributed by atoms with E-state index in [9.17, 15) is 0 Å². The van der Waals surface area contributed by atoms with Crippen molar-refractivity contribution in [2.24, 2.45) is 0 Å². The average molecular weight is 355 g/mol. The maximum Gasteiger partial charge on any atom is 0.680 e. The maximum absolute atomic E-state index is 6.09. The van der Waals surface area contributed by atoms with Crippen LogP contribution in [0.2, 0.25) is 0 Å². The van der Waals surface area contributed by atoms with Gasteiger partial charge in [0.25, 0.3) is 0 Å². The number of hydrogen-bond donors (Lipinski definition) is 0. The molecule has 5 heteroatoms. The molecule has 1 rings (SSSR count). The van der Waals surface area contributed by atoms with Crippen LogP contribution in [-0.2, 0) is 24.3 Å². The Kier molecular flexibility index (Phi) is 12.0. The molecule has 24 heavy (non-hydrogen) atoms. The van der Waals surface area contributed by atoms with Crippen molar-refractivity contribution in [3.63, 3.8) is 0 Å². The predicted molar refractivity (Wildman–Crippen MR) is 99.6 cm³/mol. The molecule has 0 aliphatic heterocycles. The van der Waals surface area contributed by atoms with Crippen LogP contribution in [0.15, 0.2) is 30.3 Å². The van der Waals surface area contributed by atoms with Crippen LogP contribution in [0.5, 0.6) is 0 Å². The van der Waals surface area contributed by atoms with Crippen LogP contribution in [-0.4, -0.2) is 28.9 Å². The van der Waals surface area contributed by atoms with Crippen LogP contribution in [0.3, 0.4) is 0 Å². The summed E-state index contributed by atoms with van der Waals surface area (Å²) in [6.45, 7) is 8.56. The van der Waals surface area contributed by atoms with E-state index in [1.807, 2.05) is 37.3 Å². The van der Waals surface area contributed by atoms with Gasteiger partial charge in [0.2, 0.25) is 0 Å². The van der Waals surface area contributed by atoms with E-state index in [4.69, 9.17) is 17.7 Å². The minimum Gasteiger partial charge on any atom is -0.351 e. The van der Waals surface area contributed by atoms with E-state index in [-0.39, 0.29) is 0 Å². The Labute approximate surface area is 149 Å². The van der Waals surface area contributed by atoms with Gasteiger partial charge in [-0.2, -0.15) is 0 Å². The molecule has 4 nitrogen and oxygen atoms in total. The fourth-order valence-corrected chi connectivity index (χ4v) is 4.26. The second-order valence-electron chi connectivity index (χ2n) is 5.82. The highest BCUT2D eigenvalue weighted by molar-refractivity contribution is 6.53. The number of unbranched alkanes of at least 4 members (excludes halogenated alkanes) is 4. The zero-order chi connectivity index (χ0) is 17.5. The smallest absolute Gasteiger partial charge is 0.351 e. The summed E-state index contributed by atoms with van der Waals surface area (Å²) in [7, 11) is -3.08. The van der Waals surface area contributed by atoms with E-state index >= 15 is 0 Å². The molecule has 1 aromatic carbocycles.